The van der Waals surface area contributed by atoms with E-state index in [0.717, 1.165) is 34.7 Å². The number of benzene rings is 1. The molecule has 0 spiro atoms. The van der Waals surface area contributed by atoms with Gasteiger partial charge in [-0.25, -0.2) is 13.4 Å². The molecule has 0 unspecified atom stereocenters. The highest BCUT2D eigenvalue weighted by atomic mass is 79.9. The lowest BCUT2D eigenvalue weighted by Crippen LogP contribution is -2.10. The summed E-state index contributed by atoms with van der Waals surface area (Å²) >= 11 is 4.84. The Hall–Kier alpha value is -0.790. The first-order valence-electron chi connectivity index (χ1n) is 8.00. The van der Waals surface area contributed by atoms with Crippen molar-refractivity contribution in [1.29, 1.82) is 0 Å². The maximum atomic E-state index is 12.4. The first-order chi connectivity index (χ1) is 11.3. The summed E-state index contributed by atoms with van der Waals surface area (Å²) in [6.07, 6.45) is 2.22. The van der Waals surface area contributed by atoms with E-state index in [1.54, 1.807) is 24.3 Å². The molecule has 2 rings (SSSR count). The van der Waals surface area contributed by atoms with E-state index in [0.29, 0.717) is 10.6 Å². The average molecular weight is 431 g/mol. The van der Waals surface area contributed by atoms with Gasteiger partial charge in [-0.3, -0.25) is 0 Å². The molecule has 0 bridgehead atoms. The summed E-state index contributed by atoms with van der Waals surface area (Å²) in [5, 5.41) is 0.921. The molecule has 0 aliphatic carbocycles. The van der Waals surface area contributed by atoms with Gasteiger partial charge in [0.15, 0.2) is 15.0 Å². The summed E-state index contributed by atoms with van der Waals surface area (Å²) in [5.74, 6) is 0.610. The number of unbranched alkanes of at least 4 members (excludes halogenated alkanes) is 1. The number of aryl methyl sites for hydroxylation is 1. The molecule has 24 heavy (non-hydrogen) atoms. The molecule has 0 atom stereocenters. The predicted molar refractivity (Wildman–Crippen MR) is 104 cm³/mol. The molecule has 1 heterocycles. The van der Waals surface area contributed by atoms with Gasteiger partial charge in [0.2, 0.25) is 0 Å². The number of thioether (sulfide) groups is 1. The Balaban J connectivity index is 2.03. The van der Waals surface area contributed by atoms with Crippen molar-refractivity contribution in [2.24, 2.45) is 0 Å². The lowest BCUT2D eigenvalue weighted by Gasteiger charge is -2.09. The third-order valence-electron chi connectivity index (χ3n) is 3.91. The van der Waals surface area contributed by atoms with Crippen LogP contribution in [-0.2, 0) is 16.4 Å². The fourth-order valence-electron chi connectivity index (χ4n) is 2.32. The summed E-state index contributed by atoms with van der Waals surface area (Å²) in [6.45, 7) is 7.17. The lowest BCUT2D eigenvalue weighted by molar-refractivity contribution is 0.575. The highest BCUT2D eigenvalue weighted by Crippen LogP contribution is 2.23. The van der Waals surface area contributed by atoms with Crippen LogP contribution >= 0.6 is 27.7 Å². The van der Waals surface area contributed by atoms with Crippen molar-refractivity contribution in [2.45, 2.75) is 50.2 Å². The highest BCUT2D eigenvalue weighted by molar-refractivity contribution is 9.10. The van der Waals surface area contributed by atoms with Gasteiger partial charge < -0.3 is 4.57 Å². The van der Waals surface area contributed by atoms with Crippen molar-refractivity contribution in [1.82, 2.24) is 9.55 Å². The zero-order chi connectivity index (χ0) is 17.7. The predicted octanol–water partition coefficient (Wildman–Crippen LogP) is 4.63. The van der Waals surface area contributed by atoms with E-state index >= 15 is 0 Å². The Morgan fingerprint density at radius 3 is 2.50 bits per heavy atom. The summed E-state index contributed by atoms with van der Waals surface area (Å²) in [5.41, 5.74) is 2.19. The lowest BCUT2D eigenvalue weighted by atomic mass is 10.3. The Kier molecular flexibility index (Phi) is 6.95. The van der Waals surface area contributed by atoms with Crippen LogP contribution in [0.25, 0.3) is 0 Å². The first-order valence-corrected chi connectivity index (χ1v) is 11.4. The Labute approximate surface area is 157 Å². The van der Waals surface area contributed by atoms with E-state index in [4.69, 9.17) is 0 Å². The summed E-state index contributed by atoms with van der Waals surface area (Å²) in [7, 11) is -3.26. The second-order valence-electron chi connectivity index (χ2n) is 5.69. The summed E-state index contributed by atoms with van der Waals surface area (Å²) in [4.78, 5) is 4.96. The van der Waals surface area contributed by atoms with Crippen LogP contribution in [-0.4, -0.2) is 29.5 Å². The van der Waals surface area contributed by atoms with Crippen LogP contribution in [0.5, 0.6) is 0 Å². The van der Waals surface area contributed by atoms with E-state index in [1.807, 2.05) is 6.92 Å². The number of rotatable bonds is 8. The third kappa shape index (κ3) is 4.86. The van der Waals surface area contributed by atoms with Gasteiger partial charge in [-0.1, -0.05) is 41.0 Å². The van der Waals surface area contributed by atoms with E-state index in [2.05, 4.69) is 39.3 Å². The number of aromatic nitrogens is 2. The second kappa shape index (κ2) is 8.54. The number of halogens is 1. The van der Waals surface area contributed by atoms with Crippen LogP contribution in [0.2, 0.25) is 0 Å². The molecule has 0 N–H and O–H groups in total. The van der Waals surface area contributed by atoms with E-state index in [1.165, 1.54) is 17.5 Å². The number of nitrogens with zero attached hydrogens (tertiary/aromatic N) is 2. The molecule has 4 nitrogen and oxygen atoms in total. The van der Waals surface area contributed by atoms with E-state index in [9.17, 15) is 8.42 Å². The average Bonchev–Trinajstić information content (AvgIpc) is 2.80. The van der Waals surface area contributed by atoms with E-state index < -0.39 is 9.84 Å². The molecule has 0 amide bonds. The monoisotopic (exact) mass is 430 g/mol. The number of hydrogen-bond acceptors (Lipinski definition) is 4. The minimum Gasteiger partial charge on any atom is -0.323 e. The third-order valence-corrected chi connectivity index (χ3v) is 7.41. The number of sulfone groups is 1. The highest BCUT2D eigenvalue weighted by Gasteiger charge is 2.16. The Morgan fingerprint density at radius 1 is 1.21 bits per heavy atom. The van der Waals surface area contributed by atoms with Gasteiger partial charge in [-0.15, -0.1) is 0 Å². The quantitative estimate of drug-likeness (QED) is 0.572. The van der Waals surface area contributed by atoms with Crippen LogP contribution in [0.15, 0.2) is 38.8 Å². The minimum absolute atomic E-state index is 0.109. The van der Waals surface area contributed by atoms with Crippen molar-refractivity contribution in [3.05, 3.63) is 40.1 Å². The van der Waals surface area contributed by atoms with Gasteiger partial charge in [0.25, 0.3) is 0 Å². The number of imidazole rings is 1. The SMILES string of the molecule is CCCCn1c(SCCS(=O)(=O)c2ccc(Br)cc2)nc(C)c1C. The summed E-state index contributed by atoms with van der Waals surface area (Å²) in [6, 6.07) is 6.79. The van der Waals surface area contributed by atoms with Crippen molar-refractivity contribution >= 4 is 37.5 Å². The molecule has 0 saturated heterocycles. The maximum absolute atomic E-state index is 12.4. The molecule has 0 saturated carbocycles. The van der Waals surface area contributed by atoms with Crippen LogP contribution in [0.3, 0.4) is 0 Å². The fraction of sp³-hybridized carbons (Fsp3) is 0.471. The molecule has 0 aliphatic rings. The summed E-state index contributed by atoms with van der Waals surface area (Å²) < 4.78 is 27.9. The number of hydrogen-bond donors (Lipinski definition) is 0. The normalized spacial score (nSPS) is 11.8. The molecule has 0 fully saturated rings. The van der Waals surface area contributed by atoms with Crippen molar-refractivity contribution in [3.8, 4) is 0 Å². The molecule has 2 aromatic rings. The van der Waals surface area contributed by atoms with Crippen molar-refractivity contribution in [3.63, 3.8) is 0 Å². The van der Waals surface area contributed by atoms with Gasteiger partial charge in [0, 0.05) is 22.5 Å². The zero-order valence-corrected chi connectivity index (χ0v) is 17.5. The second-order valence-corrected chi connectivity index (χ2v) is 9.78. The zero-order valence-electron chi connectivity index (χ0n) is 14.3. The molecule has 0 radical (unpaired) electrons. The minimum atomic E-state index is -3.26. The molecule has 132 valence electrons. The molecular weight excluding hydrogens is 408 g/mol. The maximum Gasteiger partial charge on any atom is 0.179 e. The standard InChI is InChI=1S/C17H23BrN2O2S2/c1-4-5-10-20-14(3)13(2)19-17(20)23-11-12-24(21,22)16-8-6-15(18)7-9-16/h6-9H,4-5,10-12H2,1-3H3. The molecule has 1 aromatic heterocycles. The van der Waals surface area contributed by atoms with Crippen LogP contribution in [0.1, 0.15) is 31.2 Å². The Morgan fingerprint density at radius 2 is 1.88 bits per heavy atom. The molecule has 0 aliphatic heterocycles. The molecule has 7 heteroatoms. The van der Waals surface area contributed by atoms with Gasteiger partial charge in [0.1, 0.15) is 0 Å². The first kappa shape index (κ1) is 19.5. The van der Waals surface area contributed by atoms with Gasteiger partial charge in [-0.2, -0.15) is 0 Å². The topological polar surface area (TPSA) is 52.0 Å². The molecule has 1 aromatic carbocycles. The fourth-order valence-corrected chi connectivity index (χ4v) is 5.35. The van der Waals surface area contributed by atoms with Crippen LogP contribution < -0.4 is 0 Å². The van der Waals surface area contributed by atoms with Crippen molar-refractivity contribution in [2.75, 3.05) is 11.5 Å². The van der Waals surface area contributed by atoms with Gasteiger partial charge >= 0.3 is 0 Å². The van der Waals surface area contributed by atoms with Gasteiger partial charge in [-0.05, 0) is 44.5 Å². The largest absolute Gasteiger partial charge is 0.323 e. The van der Waals surface area contributed by atoms with Gasteiger partial charge in [0.05, 0.1) is 16.3 Å². The smallest absolute Gasteiger partial charge is 0.179 e. The van der Waals surface area contributed by atoms with Crippen molar-refractivity contribution < 1.29 is 8.42 Å². The Bertz CT molecular complexity index is 784. The van der Waals surface area contributed by atoms with Crippen LogP contribution in [0.4, 0.5) is 0 Å². The van der Waals surface area contributed by atoms with Crippen LogP contribution in [0, 0.1) is 13.8 Å². The molecular formula is C17H23BrN2O2S2. The van der Waals surface area contributed by atoms with E-state index in [-0.39, 0.29) is 5.75 Å².